The molecule has 1 aliphatic rings. The van der Waals surface area contributed by atoms with E-state index in [0.29, 0.717) is 23.6 Å². The van der Waals surface area contributed by atoms with Crippen molar-refractivity contribution in [1.82, 2.24) is 5.32 Å². The highest BCUT2D eigenvalue weighted by Crippen LogP contribution is 2.28. The van der Waals surface area contributed by atoms with E-state index < -0.39 is 10.0 Å². The smallest absolute Gasteiger partial charge is 0.271 e. The van der Waals surface area contributed by atoms with Gasteiger partial charge in [0.15, 0.2) is 0 Å². The average Bonchev–Trinajstić information content (AvgIpc) is 2.94. The SMILES string of the molecule is CSC1CCCC1NCc1ccc(S(N)(=O)=O)o1. The number of furan rings is 1. The minimum Gasteiger partial charge on any atom is -0.447 e. The largest absolute Gasteiger partial charge is 0.447 e. The molecule has 18 heavy (non-hydrogen) atoms. The van der Waals surface area contributed by atoms with Gasteiger partial charge in [-0.3, -0.25) is 0 Å². The van der Waals surface area contributed by atoms with Gasteiger partial charge in [0.05, 0.1) is 6.54 Å². The molecule has 2 unspecified atom stereocenters. The van der Waals surface area contributed by atoms with Crippen LogP contribution in [0, 0.1) is 0 Å². The lowest BCUT2D eigenvalue weighted by Gasteiger charge is -2.18. The predicted molar refractivity (Wildman–Crippen MR) is 71.9 cm³/mol. The summed E-state index contributed by atoms with van der Waals surface area (Å²) in [6.07, 6.45) is 5.76. The van der Waals surface area contributed by atoms with E-state index in [0.717, 1.165) is 6.42 Å². The zero-order chi connectivity index (χ0) is 13.2. The summed E-state index contributed by atoms with van der Waals surface area (Å²) in [6.45, 7) is 0.539. The molecule has 3 N–H and O–H groups in total. The van der Waals surface area contributed by atoms with Crippen LogP contribution in [0.15, 0.2) is 21.6 Å². The number of hydrogen-bond donors (Lipinski definition) is 2. The maximum atomic E-state index is 11.1. The van der Waals surface area contributed by atoms with E-state index in [1.807, 2.05) is 11.8 Å². The Morgan fingerprint density at radius 2 is 2.28 bits per heavy atom. The van der Waals surface area contributed by atoms with Gasteiger partial charge in [0, 0.05) is 11.3 Å². The van der Waals surface area contributed by atoms with Gasteiger partial charge < -0.3 is 9.73 Å². The van der Waals surface area contributed by atoms with Crippen LogP contribution < -0.4 is 10.5 Å². The lowest BCUT2D eigenvalue weighted by atomic mass is 10.2. The molecule has 102 valence electrons. The van der Waals surface area contributed by atoms with Crippen LogP contribution in [0.4, 0.5) is 0 Å². The molecule has 0 aliphatic heterocycles. The van der Waals surface area contributed by atoms with E-state index in [2.05, 4.69) is 11.6 Å². The van der Waals surface area contributed by atoms with Crippen LogP contribution in [0.5, 0.6) is 0 Å². The zero-order valence-corrected chi connectivity index (χ0v) is 11.9. The quantitative estimate of drug-likeness (QED) is 0.854. The number of nitrogens with one attached hydrogen (secondary N) is 1. The molecule has 1 aromatic heterocycles. The maximum absolute atomic E-state index is 11.1. The molecule has 0 bridgehead atoms. The van der Waals surface area contributed by atoms with Gasteiger partial charge in [-0.15, -0.1) is 0 Å². The lowest BCUT2D eigenvalue weighted by Crippen LogP contribution is -2.33. The highest BCUT2D eigenvalue weighted by atomic mass is 32.2. The molecule has 1 saturated carbocycles. The molecule has 2 atom stereocenters. The molecule has 1 fully saturated rings. The van der Waals surface area contributed by atoms with E-state index in [-0.39, 0.29) is 5.09 Å². The van der Waals surface area contributed by atoms with Gasteiger partial charge in [0.25, 0.3) is 10.0 Å². The van der Waals surface area contributed by atoms with Crippen molar-refractivity contribution in [2.24, 2.45) is 5.14 Å². The monoisotopic (exact) mass is 290 g/mol. The summed E-state index contributed by atoms with van der Waals surface area (Å²) in [7, 11) is -3.73. The molecule has 1 heterocycles. The summed E-state index contributed by atoms with van der Waals surface area (Å²) in [4.78, 5) is 0. The number of thioether (sulfide) groups is 1. The van der Waals surface area contributed by atoms with Crippen molar-refractivity contribution in [3.8, 4) is 0 Å². The number of rotatable bonds is 5. The number of nitrogens with two attached hydrogens (primary N) is 1. The van der Waals surface area contributed by atoms with Crippen LogP contribution in [0.2, 0.25) is 0 Å². The molecule has 0 spiro atoms. The van der Waals surface area contributed by atoms with Crippen LogP contribution in [-0.4, -0.2) is 26.0 Å². The van der Waals surface area contributed by atoms with Crippen molar-refractivity contribution in [1.29, 1.82) is 0 Å². The van der Waals surface area contributed by atoms with Crippen molar-refractivity contribution in [3.05, 3.63) is 17.9 Å². The Kier molecular flexibility index (Phi) is 4.37. The Labute approximate surface area is 112 Å². The third-order valence-corrected chi connectivity index (χ3v) is 5.16. The number of primary sulfonamides is 1. The molecule has 0 saturated heterocycles. The molecule has 0 aromatic carbocycles. The van der Waals surface area contributed by atoms with Crippen molar-refractivity contribution < 1.29 is 12.8 Å². The Morgan fingerprint density at radius 3 is 2.89 bits per heavy atom. The van der Waals surface area contributed by atoms with Crippen LogP contribution in [0.1, 0.15) is 25.0 Å². The highest BCUT2D eigenvalue weighted by Gasteiger charge is 2.26. The van der Waals surface area contributed by atoms with Crippen LogP contribution in [-0.2, 0) is 16.6 Å². The van der Waals surface area contributed by atoms with Crippen LogP contribution in [0.25, 0.3) is 0 Å². The first-order valence-electron chi connectivity index (χ1n) is 5.88. The summed E-state index contributed by atoms with van der Waals surface area (Å²) in [6, 6.07) is 3.52. The molecule has 5 nitrogen and oxygen atoms in total. The summed E-state index contributed by atoms with van der Waals surface area (Å²) < 4.78 is 27.3. The van der Waals surface area contributed by atoms with Crippen LogP contribution in [0.3, 0.4) is 0 Å². The Hall–Kier alpha value is -0.500. The van der Waals surface area contributed by atoms with Gasteiger partial charge in [-0.05, 0) is 31.2 Å². The third-order valence-electron chi connectivity index (χ3n) is 3.21. The van der Waals surface area contributed by atoms with E-state index in [1.165, 1.54) is 18.9 Å². The summed E-state index contributed by atoms with van der Waals surface area (Å²) >= 11 is 1.88. The summed E-state index contributed by atoms with van der Waals surface area (Å²) in [5.74, 6) is 0.603. The second kappa shape index (κ2) is 5.64. The standard InChI is InChI=1S/C11H18N2O3S2/c1-17-10-4-2-3-9(10)13-7-8-5-6-11(16-8)18(12,14)15/h5-6,9-10,13H,2-4,7H2,1H3,(H2,12,14,15). The van der Waals surface area contributed by atoms with E-state index >= 15 is 0 Å². The fourth-order valence-electron chi connectivity index (χ4n) is 2.28. The van der Waals surface area contributed by atoms with Gasteiger partial charge in [0.2, 0.25) is 5.09 Å². The van der Waals surface area contributed by atoms with Crippen molar-refractivity contribution in [3.63, 3.8) is 0 Å². The molecule has 1 aromatic rings. The molecule has 0 amide bonds. The second-order valence-electron chi connectivity index (χ2n) is 4.46. The van der Waals surface area contributed by atoms with Gasteiger partial charge in [0.1, 0.15) is 5.76 Å². The van der Waals surface area contributed by atoms with Crippen molar-refractivity contribution >= 4 is 21.8 Å². The van der Waals surface area contributed by atoms with Gasteiger partial charge in [-0.1, -0.05) is 6.42 Å². The lowest BCUT2D eigenvalue weighted by molar-refractivity contribution is 0.390. The molecule has 1 aliphatic carbocycles. The molecule has 7 heteroatoms. The van der Waals surface area contributed by atoms with Crippen molar-refractivity contribution in [2.45, 2.75) is 42.2 Å². The molecular weight excluding hydrogens is 272 g/mol. The van der Waals surface area contributed by atoms with Gasteiger partial charge in [-0.25, -0.2) is 13.6 Å². The van der Waals surface area contributed by atoms with E-state index in [4.69, 9.17) is 9.56 Å². The minimum absolute atomic E-state index is 0.174. The van der Waals surface area contributed by atoms with Crippen molar-refractivity contribution in [2.75, 3.05) is 6.26 Å². The Morgan fingerprint density at radius 1 is 1.50 bits per heavy atom. The molecule has 2 rings (SSSR count). The fraction of sp³-hybridized carbons (Fsp3) is 0.636. The zero-order valence-electron chi connectivity index (χ0n) is 10.3. The number of hydrogen-bond acceptors (Lipinski definition) is 5. The van der Waals surface area contributed by atoms with Gasteiger partial charge in [-0.2, -0.15) is 11.8 Å². The minimum atomic E-state index is -3.73. The first kappa shape index (κ1) is 13.9. The average molecular weight is 290 g/mol. The van der Waals surface area contributed by atoms with E-state index in [1.54, 1.807) is 6.07 Å². The Bertz CT molecular complexity index is 498. The maximum Gasteiger partial charge on any atom is 0.271 e. The van der Waals surface area contributed by atoms with Gasteiger partial charge >= 0.3 is 0 Å². The highest BCUT2D eigenvalue weighted by molar-refractivity contribution is 7.99. The summed E-state index contributed by atoms with van der Waals surface area (Å²) in [5.41, 5.74) is 0. The third kappa shape index (κ3) is 3.28. The predicted octanol–water partition coefficient (Wildman–Crippen LogP) is 1.30. The van der Waals surface area contributed by atoms with Crippen LogP contribution >= 0.6 is 11.8 Å². The Balaban J connectivity index is 1.92. The molecular formula is C11H18N2O3S2. The first-order chi connectivity index (χ1) is 8.50. The normalized spacial score (nSPS) is 24.6. The topological polar surface area (TPSA) is 85.3 Å². The summed E-state index contributed by atoms with van der Waals surface area (Å²) in [5, 5.41) is 8.86. The fourth-order valence-corrected chi connectivity index (χ4v) is 3.72. The number of sulfonamides is 1. The first-order valence-corrected chi connectivity index (χ1v) is 8.72. The second-order valence-corrected chi connectivity index (χ2v) is 7.03. The molecule has 0 radical (unpaired) electrons. The van der Waals surface area contributed by atoms with E-state index in [9.17, 15) is 8.42 Å².